The lowest BCUT2D eigenvalue weighted by atomic mass is 10.2. The highest BCUT2D eigenvalue weighted by Gasteiger charge is 2.15. The van der Waals surface area contributed by atoms with Gasteiger partial charge in [-0.05, 0) is 73.2 Å². The predicted molar refractivity (Wildman–Crippen MR) is 117 cm³/mol. The predicted octanol–water partition coefficient (Wildman–Crippen LogP) is 4.82. The van der Waals surface area contributed by atoms with Crippen molar-refractivity contribution in [1.29, 1.82) is 0 Å². The standard InChI is InChI=1S/C25H22O7/c1-2-3-14-30-21-10-6-18(7-11-21)24(28)31-22-12-13-23(19(15-22)16-26)32-25(29)17-4-8-20(27)9-5-17/h4-13,15-16,27H,2-3,14H2,1H3. The molecule has 3 aromatic rings. The molecule has 0 fully saturated rings. The van der Waals surface area contributed by atoms with Gasteiger partial charge in [-0.25, -0.2) is 9.59 Å². The number of aromatic hydroxyl groups is 1. The fraction of sp³-hybridized carbons (Fsp3) is 0.160. The van der Waals surface area contributed by atoms with Gasteiger partial charge in [0.1, 0.15) is 23.0 Å². The monoisotopic (exact) mass is 434 g/mol. The van der Waals surface area contributed by atoms with Crippen LogP contribution in [0.3, 0.4) is 0 Å². The molecule has 0 heterocycles. The second kappa shape index (κ2) is 10.8. The first-order chi connectivity index (χ1) is 15.5. The SMILES string of the molecule is CCCCOc1ccc(C(=O)Oc2ccc(OC(=O)c3ccc(O)cc3)c(C=O)c2)cc1. The van der Waals surface area contributed by atoms with Crippen LogP contribution in [0.25, 0.3) is 0 Å². The summed E-state index contributed by atoms with van der Waals surface area (Å²) in [4.78, 5) is 36.1. The van der Waals surface area contributed by atoms with Crippen LogP contribution in [0, 0.1) is 0 Å². The fourth-order valence-corrected chi connectivity index (χ4v) is 2.72. The number of carbonyl (C=O) groups is 3. The van der Waals surface area contributed by atoms with Gasteiger partial charge < -0.3 is 19.3 Å². The number of phenols is 1. The zero-order chi connectivity index (χ0) is 22.9. The number of aldehydes is 1. The minimum absolute atomic E-state index is 0.0139. The Morgan fingerprint density at radius 1 is 0.844 bits per heavy atom. The van der Waals surface area contributed by atoms with Gasteiger partial charge in [0.25, 0.3) is 0 Å². The Morgan fingerprint density at radius 2 is 1.44 bits per heavy atom. The summed E-state index contributed by atoms with van der Waals surface area (Å²) < 4.78 is 16.2. The minimum Gasteiger partial charge on any atom is -0.508 e. The summed E-state index contributed by atoms with van der Waals surface area (Å²) in [7, 11) is 0. The van der Waals surface area contributed by atoms with Gasteiger partial charge in [-0.2, -0.15) is 0 Å². The first-order valence-corrected chi connectivity index (χ1v) is 10.1. The van der Waals surface area contributed by atoms with Crippen molar-refractivity contribution in [3.05, 3.63) is 83.4 Å². The van der Waals surface area contributed by atoms with Crippen molar-refractivity contribution < 1.29 is 33.7 Å². The van der Waals surface area contributed by atoms with Crippen molar-refractivity contribution in [2.75, 3.05) is 6.61 Å². The number of unbranched alkanes of at least 4 members (excludes halogenated alkanes) is 1. The van der Waals surface area contributed by atoms with Gasteiger partial charge >= 0.3 is 11.9 Å². The van der Waals surface area contributed by atoms with E-state index in [1.807, 2.05) is 0 Å². The van der Waals surface area contributed by atoms with Crippen LogP contribution < -0.4 is 14.2 Å². The van der Waals surface area contributed by atoms with E-state index in [9.17, 15) is 19.5 Å². The second-order valence-corrected chi connectivity index (χ2v) is 6.87. The summed E-state index contributed by atoms with van der Waals surface area (Å²) in [5, 5.41) is 9.31. The Morgan fingerprint density at radius 3 is 2.06 bits per heavy atom. The fourth-order valence-electron chi connectivity index (χ4n) is 2.72. The molecule has 0 amide bonds. The maximum atomic E-state index is 12.4. The van der Waals surface area contributed by atoms with Crippen molar-refractivity contribution in [2.24, 2.45) is 0 Å². The van der Waals surface area contributed by atoms with Gasteiger partial charge in [-0.15, -0.1) is 0 Å². The van der Waals surface area contributed by atoms with Crippen LogP contribution >= 0.6 is 0 Å². The summed E-state index contributed by atoms with van der Waals surface area (Å²) >= 11 is 0. The molecule has 0 unspecified atom stereocenters. The highest BCUT2D eigenvalue weighted by Crippen LogP contribution is 2.25. The molecule has 7 nitrogen and oxygen atoms in total. The molecule has 0 spiro atoms. The van der Waals surface area contributed by atoms with E-state index in [2.05, 4.69) is 6.92 Å². The lowest BCUT2D eigenvalue weighted by Crippen LogP contribution is -2.11. The molecule has 3 rings (SSSR count). The Hall–Kier alpha value is -4.13. The number of phenolic OH excluding ortho intramolecular Hbond substituents is 1. The van der Waals surface area contributed by atoms with Gasteiger partial charge in [0.15, 0.2) is 6.29 Å². The zero-order valence-electron chi connectivity index (χ0n) is 17.4. The minimum atomic E-state index is -0.695. The summed E-state index contributed by atoms with van der Waals surface area (Å²) in [6, 6.07) is 16.2. The normalized spacial score (nSPS) is 10.3. The summed E-state index contributed by atoms with van der Waals surface area (Å²) in [5.41, 5.74) is 0.572. The second-order valence-electron chi connectivity index (χ2n) is 6.87. The van der Waals surface area contributed by atoms with Crippen LogP contribution in [-0.4, -0.2) is 29.9 Å². The van der Waals surface area contributed by atoms with E-state index < -0.39 is 11.9 Å². The molecule has 0 aliphatic heterocycles. The molecule has 3 aromatic carbocycles. The number of hydrogen-bond acceptors (Lipinski definition) is 7. The van der Waals surface area contributed by atoms with Gasteiger partial charge in [0, 0.05) is 0 Å². The first kappa shape index (κ1) is 22.6. The number of esters is 2. The van der Waals surface area contributed by atoms with E-state index in [4.69, 9.17) is 14.2 Å². The van der Waals surface area contributed by atoms with E-state index in [0.717, 1.165) is 12.8 Å². The van der Waals surface area contributed by atoms with Crippen molar-refractivity contribution in [3.8, 4) is 23.0 Å². The van der Waals surface area contributed by atoms with Gasteiger partial charge in [-0.1, -0.05) is 13.3 Å². The highest BCUT2D eigenvalue weighted by molar-refractivity contribution is 5.93. The van der Waals surface area contributed by atoms with Crippen LogP contribution in [0.4, 0.5) is 0 Å². The number of carbonyl (C=O) groups excluding carboxylic acids is 3. The van der Waals surface area contributed by atoms with Gasteiger partial charge in [0.05, 0.1) is 23.3 Å². The summed E-state index contributed by atoms with van der Waals surface area (Å²) in [6.07, 6.45) is 2.48. The van der Waals surface area contributed by atoms with Crippen LogP contribution in [-0.2, 0) is 0 Å². The molecule has 7 heteroatoms. The van der Waals surface area contributed by atoms with E-state index in [1.165, 1.54) is 42.5 Å². The number of rotatable bonds is 9. The number of hydrogen-bond donors (Lipinski definition) is 1. The Kier molecular flexibility index (Phi) is 7.59. The van der Waals surface area contributed by atoms with E-state index in [0.29, 0.717) is 24.2 Å². The van der Waals surface area contributed by atoms with Gasteiger partial charge in [-0.3, -0.25) is 4.79 Å². The average Bonchev–Trinajstić information content (AvgIpc) is 2.81. The summed E-state index contributed by atoms with van der Waals surface area (Å²) in [5.74, 6) is -0.468. The Labute approximate surface area is 185 Å². The van der Waals surface area contributed by atoms with Gasteiger partial charge in [0.2, 0.25) is 0 Å². The molecule has 1 N–H and O–H groups in total. The molecule has 164 valence electrons. The highest BCUT2D eigenvalue weighted by atomic mass is 16.5. The van der Waals surface area contributed by atoms with E-state index in [1.54, 1.807) is 24.3 Å². The summed E-state index contributed by atoms with van der Waals surface area (Å²) in [6.45, 7) is 2.68. The van der Waals surface area contributed by atoms with Crippen LogP contribution in [0.5, 0.6) is 23.0 Å². The Balaban J connectivity index is 1.66. The Bertz CT molecular complexity index is 1090. The molecule has 0 aromatic heterocycles. The molecular weight excluding hydrogens is 412 g/mol. The number of ether oxygens (including phenoxy) is 3. The first-order valence-electron chi connectivity index (χ1n) is 10.1. The zero-order valence-corrected chi connectivity index (χ0v) is 17.4. The molecule has 0 radical (unpaired) electrons. The molecule has 32 heavy (non-hydrogen) atoms. The smallest absolute Gasteiger partial charge is 0.343 e. The largest absolute Gasteiger partial charge is 0.508 e. The lowest BCUT2D eigenvalue weighted by Gasteiger charge is -2.10. The molecule has 0 saturated heterocycles. The molecule has 0 aliphatic carbocycles. The third-order valence-electron chi connectivity index (χ3n) is 4.48. The topological polar surface area (TPSA) is 99.1 Å². The van der Waals surface area contributed by atoms with Crippen molar-refractivity contribution >= 4 is 18.2 Å². The molecule has 0 aliphatic rings. The van der Waals surface area contributed by atoms with Crippen molar-refractivity contribution in [1.82, 2.24) is 0 Å². The third-order valence-corrected chi connectivity index (χ3v) is 4.48. The molecular formula is C25H22O7. The van der Waals surface area contributed by atoms with Crippen LogP contribution in [0.1, 0.15) is 50.8 Å². The van der Waals surface area contributed by atoms with Crippen molar-refractivity contribution in [3.63, 3.8) is 0 Å². The third kappa shape index (κ3) is 5.95. The lowest BCUT2D eigenvalue weighted by molar-refractivity contribution is 0.0717. The maximum absolute atomic E-state index is 12.4. The van der Waals surface area contributed by atoms with Crippen LogP contribution in [0.15, 0.2) is 66.7 Å². The van der Waals surface area contributed by atoms with Crippen molar-refractivity contribution in [2.45, 2.75) is 19.8 Å². The van der Waals surface area contributed by atoms with E-state index in [-0.39, 0.29) is 28.4 Å². The van der Waals surface area contributed by atoms with E-state index >= 15 is 0 Å². The molecule has 0 bridgehead atoms. The number of benzene rings is 3. The molecule has 0 saturated carbocycles. The average molecular weight is 434 g/mol. The maximum Gasteiger partial charge on any atom is 0.343 e. The quantitative estimate of drug-likeness (QED) is 0.223. The van der Waals surface area contributed by atoms with Crippen LogP contribution in [0.2, 0.25) is 0 Å². The molecule has 0 atom stereocenters.